The third-order valence-electron chi connectivity index (χ3n) is 5.07. The quantitative estimate of drug-likeness (QED) is 0.892. The standard InChI is InChI=1S/C20H17NO4/c22-17(23)10-20(11-18(24)25)14-7-3-2-6-13(14)19-15(20)9-12-5-1-4-8-16(12)21-19/h1,4-9H,2-3,10-11H2,(H,22,23)(H,24,25). The van der Waals surface area contributed by atoms with E-state index in [0.29, 0.717) is 0 Å². The van der Waals surface area contributed by atoms with E-state index in [0.717, 1.165) is 46.1 Å². The number of carbonyl (C=O) groups is 2. The van der Waals surface area contributed by atoms with Crippen LogP contribution in [0.15, 0.2) is 48.1 Å². The second-order valence-electron chi connectivity index (χ2n) is 6.61. The van der Waals surface area contributed by atoms with Crippen LogP contribution in [0.4, 0.5) is 0 Å². The van der Waals surface area contributed by atoms with E-state index in [1.54, 1.807) is 0 Å². The van der Waals surface area contributed by atoms with Crippen molar-refractivity contribution in [3.8, 4) is 0 Å². The molecule has 2 aliphatic carbocycles. The van der Waals surface area contributed by atoms with Crippen LogP contribution in [0.5, 0.6) is 0 Å². The van der Waals surface area contributed by atoms with Crippen LogP contribution < -0.4 is 0 Å². The minimum Gasteiger partial charge on any atom is -0.481 e. The first-order valence-electron chi connectivity index (χ1n) is 8.27. The lowest BCUT2D eigenvalue weighted by Gasteiger charge is -2.30. The van der Waals surface area contributed by atoms with Crippen molar-refractivity contribution in [2.24, 2.45) is 0 Å². The van der Waals surface area contributed by atoms with Crippen molar-refractivity contribution in [1.29, 1.82) is 0 Å². The van der Waals surface area contributed by atoms with E-state index in [1.165, 1.54) is 0 Å². The molecule has 0 spiro atoms. The molecule has 0 unspecified atom stereocenters. The van der Waals surface area contributed by atoms with Crippen molar-refractivity contribution in [1.82, 2.24) is 4.98 Å². The highest BCUT2D eigenvalue weighted by molar-refractivity contribution is 5.96. The molecule has 126 valence electrons. The molecule has 0 aliphatic heterocycles. The number of hydrogen-bond acceptors (Lipinski definition) is 3. The molecule has 0 fully saturated rings. The number of fused-ring (bicyclic) bond motifs is 4. The van der Waals surface area contributed by atoms with E-state index >= 15 is 0 Å². The number of carboxylic acid groups (broad SMARTS) is 2. The first-order valence-corrected chi connectivity index (χ1v) is 8.27. The summed E-state index contributed by atoms with van der Waals surface area (Å²) in [5.74, 6) is -2.01. The SMILES string of the molecule is O=C(O)CC1(CC(=O)O)C2=CCCC=C2c2nc3ccccc3cc21. The van der Waals surface area contributed by atoms with Crippen molar-refractivity contribution in [3.05, 3.63) is 59.3 Å². The first kappa shape index (κ1) is 15.6. The van der Waals surface area contributed by atoms with Gasteiger partial charge in [0, 0.05) is 16.4 Å². The Kier molecular flexibility index (Phi) is 3.46. The minimum absolute atomic E-state index is 0.254. The summed E-state index contributed by atoms with van der Waals surface area (Å²) in [4.78, 5) is 28.0. The monoisotopic (exact) mass is 335 g/mol. The van der Waals surface area contributed by atoms with Gasteiger partial charge in [-0.1, -0.05) is 30.4 Å². The van der Waals surface area contributed by atoms with E-state index in [-0.39, 0.29) is 12.8 Å². The number of benzene rings is 1. The molecular formula is C20H17NO4. The number of nitrogens with zero attached hydrogens (tertiary/aromatic N) is 1. The van der Waals surface area contributed by atoms with Gasteiger partial charge in [0.05, 0.1) is 24.1 Å². The highest BCUT2D eigenvalue weighted by Gasteiger charge is 2.49. The van der Waals surface area contributed by atoms with Gasteiger partial charge in [-0.15, -0.1) is 0 Å². The molecule has 0 atom stereocenters. The average molecular weight is 335 g/mol. The maximum atomic E-state index is 11.6. The molecule has 0 saturated heterocycles. The minimum atomic E-state index is -1.06. The van der Waals surface area contributed by atoms with Crippen LogP contribution in [-0.2, 0) is 15.0 Å². The number of aliphatic carboxylic acids is 2. The smallest absolute Gasteiger partial charge is 0.304 e. The van der Waals surface area contributed by atoms with Crippen LogP contribution >= 0.6 is 0 Å². The number of hydrogen-bond donors (Lipinski definition) is 2. The molecule has 4 rings (SSSR count). The molecule has 5 heteroatoms. The van der Waals surface area contributed by atoms with E-state index in [4.69, 9.17) is 4.98 Å². The van der Waals surface area contributed by atoms with E-state index in [1.807, 2.05) is 36.4 Å². The van der Waals surface area contributed by atoms with Crippen LogP contribution in [0, 0.1) is 0 Å². The van der Waals surface area contributed by atoms with Gasteiger partial charge in [-0.25, -0.2) is 4.98 Å². The molecule has 1 aromatic carbocycles. The van der Waals surface area contributed by atoms with E-state index in [9.17, 15) is 19.8 Å². The molecule has 5 nitrogen and oxygen atoms in total. The fraction of sp³-hybridized carbons (Fsp3) is 0.250. The van der Waals surface area contributed by atoms with Crippen LogP contribution in [0.2, 0.25) is 0 Å². The Morgan fingerprint density at radius 1 is 1.04 bits per heavy atom. The Labute approximate surface area is 144 Å². The van der Waals surface area contributed by atoms with Gasteiger partial charge < -0.3 is 10.2 Å². The zero-order valence-corrected chi connectivity index (χ0v) is 13.5. The summed E-state index contributed by atoms with van der Waals surface area (Å²) in [6, 6.07) is 9.55. The average Bonchev–Trinajstić information content (AvgIpc) is 2.82. The predicted octanol–water partition coefficient (Wildman–Crippen LogP) is 3.54. The molecule has 2 aliphatic rings. The molecule has 1 aromatic heterocycles. The zero-order chi connectivity index (χ0) is 17.6. The maximum Gasteiger partial charge on any atom is 0.304 e. The molecule has 0 radical (unpaired) electrons. The molecular weight excluding hydrogens is 318 g/mol. The van der Waals surface area contributed by atoms with Crippen LogP contribution in [0.1, 0.15) is 36.9 Å². The summed E-state index contributed by atoms with van der Waals surface area (Å²) in [6.07, 6.45) is 5.18. The van der Waals surface area contributed by atoms with E-state index in [2.05, 4.69) is 6.08 Å². The molecule has 1 heterocycles. The fourth-order valence-corrected chi connectivity index (χ4v) is 4.14. The van der Waals surface area contributed by atoms with Crippen molar-refractivity contribution in [2.75, 3.05) is 0 Å². The third-order valence-corrected chi connectivity index (χ3v) is 5.07. The lowest BCUT2D eigenvalue weighted by Crippen LogP contribution is -2.32. The van der Waals surface area contributed by atoms with Gasteiger partial charge in [0.1, 0.15) is 0 Å². The molecule has 0 amide bonds. The van der Waals surface area contributed by atoms with Gasteiger partial charge in [0.15, 0.2) is 0 Å². The second kappa shape index (κ2) is 5.55. The van der Waals surface area contributed by atoms with Gasteiger partial charge in [-0.2, -0.15) is 0 Å². The van der Waals surface area contributed by atoms with Gasteiger partial charge in [-0.05, 0) is 36.1 Å². The van der Waals surface area contributed by atoms with Crippen molar-refractivity contribution in [3.63, 3.8) is 0 Å². The number of para-hydroxylation sites is 1. The largest absolute Gasteiger partial charge is 0.481 e. The number of pyridine rings is 1. The van der Waals surface area contributed by atoms with Gasteiger partial charge in [-0.3, -0.25) is 9.59 Å². The number of aromatic nitrogens is 1. The highest BCUT2D eigenvalue weighted by atomic mass is 16.4. The van der Waals surface area contributed by atoms with Crippen LogP contribution in [0.3, 0.4) is 0 Å². The van der Waals surface area contributed by atoms with Gasteiger partial charge in [0.2, 0.25) is 0 Å². The van der Waals surface area contributed by atoms with Gasteiger partial charge in [0.25, 0.3) is 0 Å². The Morgan fingerprint density at radius 2 is 1.72 bits per heavy atom. The third kappa shape index (κ3) is 2.35. The molecule has 2 N–H and O–H groups in total. The molecule has 0 bridgehead atoms. The first-order chi connectivity index (χ1) is 12.0. The fourth-order valence-electron chi connectivity index (χ4n) is 4.14. The van der Waals surface area contributed by atoms with Crippen LogP contribution in [-0.4, -0.2) is 27.1 Å². The summed E-state index contributed by atoms with van der Waals surface area (Å²) in [5, 5.41) is 19.9. The Hall–Kier alpha value is -2.95. The highest BCUT2D eigenvalue weighted by Crippen LogP contribution is 2.55. The topological polar surface area (TPSA) is 87.5 Å². The molecule has 2 aromatic rings. The normalized spacial score (nSPS) is 17.4. The lowest BCUT2D eigenvalue weighted by atomic mass is 9.71. The summed E-state index contributed by atoms with van der Waals surface area (Å²) in [6.45, 7) is 0. The Morgan fingerprint density at radius 3 is 2.44 bits per heavy atom. The number of rotatable bonds is 4. The lowest BCUT2D eigenvalue weighted by molar-refractivity contribution is -0.140. The number of carboxylic acids is 2. The maximum absolute atomic E-state index is 11.6. The van der Waals surface area contributed by atoms with Crippen molar-refractivity contribution >= 4 is 28.4 Å². The van der Waals surface area contributed by atoms with E-state index < -0.39 is 17.4 Å². The van der Waals surface area contributed by atoms with Crippen molar-refractivity contribution < 1.29 is 19.8 Å². The summed E-state index contributed by atoms with van der Waals surface area (Å²) in [5.41, 5.74) is 2.92. The number of allylic oxidation sites excluding steroid dienone is 4. The van der Waals surface area contributed by atoms with Gasteiger partial charge >= 0.3 is 11.9 Å². The Bertz CT molecular complexity index is 955. The zero-order valence-electron chi connectivity index (χ0n) is 13.5. The summed E-state index contributed by atoms with van der Waals surface area (Å²) >= 11 is 0. The van der Waals surface area contributed by atoms with Crippen molar-refractivity contribution in [2.45, 2.75) is 31.1 Å². The summed E-state index contributed by atoms with van der Waals surface area (Å²) < 4.78 is 0. The second-order valence-corrected chi connectivity index (χ2v) is 6.61. The predicted molar refractivity (Wildman–Crippen MR) is 93.2 cm³/mol. The summed E-state index contributed by atoms with van der Waals surface area (Å²) in [7, 11) is 0. The molecule has 25 heavy (non-hydrogen) atoms. The Balaban J connectivity index is 2.05. The van der Waals surface area contributed by atoms with Crippen LogP contribution in [0.25, 0.3) is 16.5 Å². The molecule has 0 saturated carbocycles.